The molecule has 0 spiro atoms. The van der Waals surface area contributed by atoms with Crippen LogP contribution in [0.5, 0.6) is 5.75 Å². The summed E-state index contributed by atoms with van der Waals surface area (Å²) in [6, 6.07) is 16.7. The highest BCUT2D eigenvalue weighted by Gasteiger charge is 2.13. The Bertz CT molecular complexity index is 1120. The lowest BCUT2D eigenvalue weighted by Crippen LogP contribution is -2.11. The molecule has 2 aromatic carbocycles. The summed E-state index contributed by atoms with van der Waals surface area (Å²) in [6.45, 7) is 4.03. The van der Waals surface area contributed by atoms with Crippen molar-refractivity contribution in [3.05, 3.63) is 77.2 Å². The van der Waals surface area contributed by atoms with E-state index in [0.717, 1.165) is 27.6 Å². The van der Waals surface area contributed by atoms with Gasteiger partial charge in [0.25, 0.3) is 5.91 Å². The van der Waals surface area contributed by atoms with Gasteiger partial charge in [-0.15, -0.1) is 10.2 Å². The highest BCUT2D eigenvalue weighted by Crippen LogP contribution is 2.26. The van der Waals surface area contributed by atoms with Crippen LogP contribution in [0.1, 0.15) is 27.4 Å². The minimum atomic E-state index is -0.274. The van der Waals surface area contributed by atoms with E-state index in [4.69, 9.17) is 9.26 Å². The third-order valence-corrected chi connectivity index (χ3v) is 5.21. The monoisotopic (exact) mass is 406 g/mol. The van der Waals surface area contributed by atoms with Crippen LogP contribution in [0.25, 0.3) is 10.6 Å². The van der Waals surface area contributed by atoms with Crippen molar-refractivity contribution in [2.45, 2.75) is 20.5 Å². The van der Waals surface area contributed by atoms with Crippen molar-refractivity contribution >= 4 is 22.4 Å². The van der Waals surface area contributed by atoms with Gasteiger partial charge in [0, 0.05) is 11.1 Å². The van der Waals surface area contributed by atoms with Crippen LogP contribution >= 0.6 is 11.3 Å². The van der Waals surface area contributed by atoms with E-state index in [9.17, 15) is 4.79 Å². The predicted octanol–water partition coefficient (Wildman–Crippen LogP) is 4.64. The number of anilines is 1. The molecular formula is C21H18N4O3S. The van der Waals surface area contributed by atoms with Gasteiger partial charge in [0.1, 0.15) is 23.1 Å². The van der Waals surface area contributed by atoms with Gasteiger partial charge in [-0.1, -0.05) is 52.9 Å². The Morgan fingerprint density at radius 2 is 1.93 bits per heavy atom. The summed E-state index contributed by atoms with van der Waals surface area (Å²) in [5, 5.41) is 16.1. The number of hydrogen-bond acceptors (Lipinski definition) is 7. The lowest BCUT2D eigenvalue weighted by molar-refractivity contribution is 0.102. The molecule has 0 bridgehead atoms. The molecule has 0 aliphatic heterocycles. The summed E-state index contributed by atoms with van der Waals surface area (Å²) < 4.78 is 10.9. The zero-order valence-electron chi connectivity index (χ0n) is 15.9. The largest absolute Gasteiger partial charge is 0.489 e. The van der Waals surface area contributed by atoms with Crippen molar-refractivity contribution in [2.24, 2.45) is 0 Å². The Kier molecular flexibility index (Phi) is 5.35. The maximum absolute atomic E-state index is 12.6. The third kappa shape index (κ3) is 4.33. The minimum Gasteiger partial charge on any atom is -0.489 e. The van der Waals surface area contributed by atoms with Crippen LogP contribution in [0.2, 0.25) is 0 Å². The second kappa shape index (κ2) is 8.24. The van der Waals surface area contributed by atoms with Gasteiger partial charge in [0.2, 0.25) is 5.13 Å². The molecule has 0 unspecified atom stereocenters. The number of rotatable bonds is 6. The fourth-order valence-corrected chi connectivity index (χ4v) is 3.48. The quantitative estimate of drug-likeness (QED) is 0.502. The van der Waals surface area contributed by atoms with Crippen molar-refractivity contribution in [3.63, 3.8) is 0 Å². The molecule has 2 aromatic heterocycles. The molecule has 4 aromatic rings. The molecule has 1 amide bonds. The van der Waals surface area contributed by atoms with Gasteiger partial charge in [-0.05, 0) is 32.0 Å². The maximum Gasteiger partial charge on any atom is 0.257 e. The van der Waals surface area contributed by atoms with Gasteiger partial charge in [0.15, 0.2) is 0 Å². The molecule has 146 valence electrons. The van der Waals surface area contributed by atoms with E-state index in [1.807, 2.05) is 44.2 Å². The lowest BCUT2D eigenvalue weighted by atomic mass is 10.2. The Hall–Kier alpha value is -3.52. The molecule has 2 heterocycles. The van der Waals surface area contributed by atoms with Crippen LogP contribution in [-0.4, -0.2) is 21.3 Å². The number of nitrogens with zero attached hydrogens (tertiary/aromatic N) is 3. The molecule has 0 fully saturated rings. The Morgan fingerprint density at radius 3 is 2.69 bits per heavy atom. The van der Waals surface area contributed by atoms with Crippen LogP contribution < -0.4 is 10.1 Å². The second-order valence-corrected chi connectivity index (χ2v) is 7.33. The molecule has 0 atom stereocenters. The molecule has 4 rings (SSSR count). The molecule has 0 saturated carbocycles. The van der Waals surface area contributed by atoms with E-state index in [1.54, 1.807) is 24.3 Å². The second-order valence-electron chi connectivity index (χ2n) is 6.35. The Morgan fingerprint density at radius 1 is 1.10 bits per heavy atom. The van der Waals surface area contributed by atoms with Crippen LogP contribution in [-0.2, 0) is 6.61 Å². The average Bonchev–Trinajstić information content (AvgIpc) is 3.34. The topological polar surface area (TPSA) is 90.1 Å². The highest BCUT2D eigenvalue weighted by atomic mass is 32.1. The standard InChI is InChI=1S/C21H18N4O3S/c1-13-18(14(2)28-25-13)12-27-17-10-6-9-16(11-17)19(26)22-21-24-23-20(29-21)15-7-4-3-5-8-15/h3-11H,12H2,1-2H3,(H,22,24,26). The zero-order chi connectivity index (χ0) is 20.2. The van der Waals surface area contributed by atoms with E-state index >= 15 is 0 Å². The van der Waals surface area contributed by atoms with Crippen LogP contribution in [0, 0.1) is 13.8 Å². The van der Waals surface area contributed by atoms with Crippen molar-refractivity contribution in [2.75, 3.05) is 5.32 Å². The number of aromatic nitrogens is 3. The van der Waals surface area contributed by atoms with Gasteiger partial charge in [-0.3, -0.25) is 10.1 Å². The van der Waals surface area contributed by atoms with Gasteiger partial charge in [0.05, 0.1) is 11.3 Å². The van der Waals surface area contributed by atoms with Crippen molar-refractivity contribution < 1.29 is 14.1 Å². The van der Waals surface area contributed by atoms with E-state index in [0.29, 0.717) is 23.1 Å². The van der Waals surface area contributed by atoms with Gasteiger partial charge in [-0.2, -0.15) is 0 Å². The van der Waals surface area contributed by atoms with Gasteiger partial charge in [-0.25, -0.2) is 0 Å². The van der Waals surface area contributed by atoms with Gasteiger partial charge < -0.3 is 9.26 Å². The first-order valence-corrected chi connectivity index (χ1v) is 9.76. The average molecular weight is 406 g/mol. The van der Waals surface area contributed by atoms with Crippen LogP contribution in [0.4, 0.5) is 5.13 Å². The smallest absolute Gasteiger partial charge is 0.257 e. The van der Waals surface area contributed by atoms with Gasteiger partial charge >= 0.3 is 0 Å². The molecule has 8 heteroatoms. The number of carbonyl (C=O) groups excluding carboxylic acids is 1. The normalized spacial score (nSPS) is 10.7. The summed E-state index contributed by atoms with van der Waals surface area (Å²) in [7, 11) is 0. The van der Waals surface area contributed by atoms with E-state index in [2.05, 4.69) is 20.7 Å². The fraction of sp³-hybridized carbons (Fsp3) is 0.143. The lowest BCUT2D eigenvalue weighted by Gasteiger charge is -2.07. The van der Waals surface area contributed by atoms with Crippen LogP contribution in [0.3, 0.4) is 0 Å². The van der Waals surface area contributed by atoms with Crippen molar-refractivity contribution in [1.82, 2.24) is 15.4 Å². The summed E-state index contributed by atoms with van der Waals surface area (Å²) >= 11 is 1.32. The Balaban J connectivity index is 1.43. The molecule has 0 aliphatic carbocycles. The number of benzene rings is 2. The molecule has 29 heavy (non-hydrogen) atoms. The number of hydrogen-bond donors (Lipinski definition) is 1. The van der Waals surface area contributed by atoms with Crippen LogP contribution in [0.15, 0.2) is 59.1 Å². The number of nitrogens with one attached hydrogen (secondary N) is 1. The van der Waals surface area contributed by atoms with E-state index in [-0.39, 0.29) is 5.91 Å². The number of ether oxygens (including phenoxy) is 1. The summed E-state index contributed by atoms with van der Waals surface area (Å²) in [5.74, 6) is 1.03. The van der Waals surface area contributed by atoms with E-state index in [1.165, 1.54) is 11.3 Å². The molecule has 7 nitrogen and oxygen atoms in total. The first kappa shape index (κ1) is 18.8. The SMILES string of the molecule is Cc1noc(C)c1COc1cccc(C(=O)Nc2nnc(-c3ccccc3)s2)c1. The molecule has 0 aliphatic rings. The minimum absolute atomic E-state index is 0.274. The number of aryl methyl sites for hydroxylation is 2. The third-order valence-electron chi connectivity index (χ3n) is 4.33. The summed E-state index contributed by atoms with van der Waals surface area (Å²) in [4.78, 5) is 12.6. The zero-order valence-corrected chi connectivity index (χ0v) is 16.7. The molecule has 0 radical (unpaired) electrons. The molecule has 0 saturated heterocycles. The summed E-state index contributed by atoms with van der Waals surface area (Å²) in [6.07, 6.45) is 0. The summed E-state index contributed by atoms with van der Waals surface area (Å²) in [5.41, 5.74) is 3.13. The van der Waals surface area contributed by atoms with Crippen molar-refractivity contribution in [3.8, 4) is 16.3 Å². The first-order chi connectivity index (χ1) is 14.1. The fourth-order valence-electron chi connectivity index (χ4n) is 2.73. The predicted molar refractivity (Wildman–Crippen MR) is 110 cm³/mol. The maximum atomic E-state index is 12.6. The molecular weight excluding hydrogens is 388 g/mol. The Labute approximate surface area is 171 Å². The van der Waals surface area contributed by atoms with Crippen molar-refractivity contribution in [1.29, 1.82) is 0 Å². The first-order valence-electron chi connectivity index (χ1n) is 8.95. The highest BCUT2D eigenvalue weighted by molar-refractivity contribution is 7.18. The van der Waals surface area contributed by atoms with E-state index < -0.39 is 0 Å². The number of carbonyl (C=O) groups is 1. The molecule has 1 N–H and O–H groups in total. The number of amides is 1.